The molecular weight excluding hydrogens is 210 g/mol. The maximum absolute atomic E-state index is 11.3. The highest BCUT2D eigenvalue weighted by Gasteiger charge is 2.50. The minimum atomic E-state index is -3.36. The van der Waals surface area contributed by atoms with Crippen LogP contribution in [0, 0.1) is 0 Å². The fourth-order valence-corrected chi connectivity index (χ4v) is 3.12. The Balaban J connectivity index is 2.45. The van der Waals surface area contributed by atoms with Crippen molar-refractivity contribution in [3.63, 3.8) is 0 Å². The molecular formula is C7H7NO5S. The molecule has 1 saturated heterocycles. The van der Waals surface area contributed by atoms with E-state index in [1.165, 1.54) is 0 Å². The molecule has 1 amide bonds. The van der Waals surface area contributed by atoms with Gasteiger partial charge in [0.25, 0.3) is 0 Å². The van der Waals surface area contributed by atoms with Gasteiger partial charge in [-0.25, -0.2) is 13.2 Å². The van der Waals surface area contributed by atoms with Crippen LogP contribution >= 0.6 is 0 Å². The second-order valence-electron chi connectivity index (χ2n) is 3.15. The summed E-state index contributed by atoms with van der Waals surface area (Å²) in [6.45, 7) is 0. The molecule has 1 atom stereocenters. The number of aliphatic carboxylic acids is 1. The van der Waals surface area contributed by atoms with Crippen LogP contribution in [0.2, 0.25) is 0 Å². The molecule has 0 spiro atoms. The number of carbonyl (C=O) groups excluding carboxylic acids is 1. The summed E-state index contributed by atoms with van der Waals surface area (Å²) in [6.07, 6.45) is 0.957. The van der Waals surface area contributed by atoms with Crippen LogP contribution in [-0.4, -0.2) is 41.4 Å². The fraction of sp³-hybridized carbons (Fsp3) is 0.429. The van der Waals surface area contributed by atoms with Crippen molar-refractivity contribution >= 4 is 21.7 Å². The molecule has 0 aliphatic carbocycles. The lowest BCUT2D eigenvalue weighted by atomic mass is 10.1. The molecule has 0 aromatic rings. The first kappa shape index (κ1) is 9.20. The number of fused-ring (bicyclic) bond motifs is 1. The Morgan fingerprint density at radius 2 is 2.21 bits per heavy atom. The Morgan fingerprint density at radius 3 is 2.71 bits per heavy atom. The summed E-state index contributed by atoms with van der Waals surface area (Å²) in [7, 11) is -3.36. The Labute approximate surface area is 79.7 Å². The van der Waals surface area contributed by atoms with E-state index in [1.54, 1.807) is 0 Å². The predicted octanol–water partition coefficient (Wildman–Crippen LogP) is -1.06. The Kier molecular flexibility index (Phi) is 1.69. The topological polar surface area (TPSA) is 91.7 Å². The molecule has 0 unspecified atom stereocenters. The highest BCUT2D eigenvalue weighted by atomic mass is 32.2. The average Bonchev–Trinajstić information content (AvgIpc) is 2.05. The molecule has 1 N–H and O–H groups in total. The van der Waals surface area contributed by atoms with Crippen LogP contribution in [0.1, 0.15) is 6.42 Å². The van der Waals surface area contributed by atoms with Gasteiger partial charge in [-0.15, -0.1) is 0 Å². The first-order chi connectivity index (χ1) is 6.43. The maximum atomic E-state index is 11.3. The second kappa shape index (κ2) is 2.57. The summed E-state index contributed by atoms with van der Waals surface area (Å²) >= 11 is 0. The van der Waals surface area contributed by atoms with Crippen molar-refractivity contribution in [3.05, 3.63) is 11.8 Å². The largest absolute Gasteiger partial charge is 0.477 e. The lowest BCUT2D eigenvalue weighted by molar-refractivity contribution is -0.146. The van der Waals surface area contributed by atoms with Gasteiger partial charge in [-0.2, -0.15) is 0 Å². The van der Waals surface area contributed by atoms with Crippen molar-refractivity contribution in [3.8, 4) is 0 Å². The van der Waals surface area contributed by atoms with Crippen LogP contribution in [0.15, 0.2) is 11.8 Å². The van der Waals surface area contributed by atoms with E-state index in [0.29, 0.717) is 0 Å². The lowest BCUT2D eigenvalue weighted by Gasteiger charge is -2.41. The average molecular weight is 217 g/mol. The number of sulfone groups is 1. The summed E-state index contributed by atoms with van der Waals surface area (Å²) in [5.74, 6) is -2.02. The van der Waals surface area contributed by atoms with Gasteiger partial charge >= 0.3 is 5.97 Å². The molecule has 6 nitrogen and oxygen atoms in total. The van der Waals surface area contributed by atoms with Gasteiger partial charge in [0.2, 0.25) is 5.91 Å². The predicted molar refractivity (Wildman–Crippen MR) is 44.8 cm³/mol. The van der Waals surface area contributed by atoms with Gasteiger partial charge in [0.05, 0.1) is 12.2 Å². The number of carboxylic acid groups (broad SMARTS) is 1. The number of carbonyl (C=O) groups is 2. The molecule has 0 saturated carbocycles. The lowest BCUT2D eigenvalue weighted by Crippen LogP contribution is -2.59. The van der Waals surface area contributed by atoms with Crippen molar-refractivity contribution in [2.75, 3.05) is 5.75 Å². The maximum Gasteiger partial charge on any atom is 0.352 e. The van der Waals surface area contributed by atoms with E-state index in [9.17, 15) is 18.0 Å². The zero-order valence-corrected chi connectivity index (χ0v) is 7.82. The van der Waals surface area contributed by atoms with Crippen LogP contribution < -0.4 is 0 Å². The Bertz CT molecular complexity index is 449. The van der Waals surface area contributed by atoms with Crippen LogP contribution in [0.5, 0.6) is 0 Å². The minimum Gasteiger partial charge on any atom is -0.477 e. The quantitative estimate of drug-likeness (QED) is 0.565. The molecule has 7 heteroatoms. The first-order valence-corrected chi connectivity index (χ1v) is 5.62. The minimum absolute atomic E-state index is 0.104. The number of rotatable bonds is 1. The van der Waals surface area contributed by atoms with Crippen LogP contribution in [-0.2, 0) is 19.4 Å². The van der Waals surface area contributed by atoms with Gasteiger partial charge in [-0.3, -0.25) is 9.69 Å². The standard InChI is InChI=1S/C7H7NO5S/c9-5-3-6-8(5)4(7(10)11)1-2-14(6,12)13/h1,6H,2-3H2,(H,10,11)/t6-/m0/s1. The van der Waals surface area contributed by atoms with E-state index < -0.39 is 27.1 Å². The van der Waals surface area contributed by atoms with E-state index in [2.05, 4.69) is 0 Å². The van der Waals surface area contributed by atoms with Crippen molar-refractivity contribution in [1.82, 2.24) is 4.90 Å². The second-order valence-corrected chi connectivity index (χ2v) is 5.35. The molecule has 0 aromatic heterocycles. The van der Waals surface area contributed by atoms with Crippen molar-refractivity contribution in [2.45, 2.75) is 11.8 Å². The van der Waals surface area contributed by atoms with E-state index in [0.717, 1.165) is 11.0 Å². The third kappa shape index (κ3) is 1.05. The molecule has 0 radical (unpaired) electrons. The zero-order chi connectivity index (χ0) is 10.5. The monoisotopic (exact) mass is 217 g/mol. The smallest absolute Gasteiger partial charge is 0.352 e. The molecule has 0 aromatic carbocycles. The van der Waals surface area contributed by atoms with E-state index in [-0.39, 0.29) is 17.9 Å². The Hall–Kier alpha value is -1.37. The van der Waals surface area contributed by atoms with Gasteiger partial charge in [-0.05, 0) is 6.08 Å². The van der Waals surface area contributed by atoms with E-state index >= 15 is 0 Å². The van der Waals surface area contributed by atoms with Crippen molar-refractivity contribution in [2.24, 2.45) is 0 Å². The highest BCUT2D eigenvalue weighted by molar-refractivity contribution is 7.92. The van der Waals surface area contributed by atoms with Gasteiger partial charge < -0.3 is 5.11 Å². The fourth-order valence-electron chi connectivity index (χ4n) is 1.56. The van der Waals surface area contributed by atoms with Crippen LogP contribution in [0.3, 0.4) is 0 Å². The van der Waals surface area contributed by atoms with Crippen LogP contribution in [0.4, 0.5) is 0 Å². The SMILES string of the molecule is O=C(O)C1=CCS(=O)(=O)[C@H]2CC(=O)N12. The molecule has 0 bridgehead atoms. The Morgan fingerprint density at radius 1 is 1.57 bits per heavy atom. The number of hydrogen-bond acceptors (Lipinski definition) is 4. The molecule has 76 valence electrons. The summed E-state index contributed by atoms with van der Waals surface area (Å²) in [4.78, 5) is 22.5. The van der Waals surface area contributed by atoms with Gasteiger partial charge in [0, 0.05) is 0 Å². The highest BCUT2D eigenvalue weighted by Crippen LogP contribution is 2.32. The van der Waals surface area contributed by atoms with Crippen LogP contribution in [0.25, 0.3) is 0 Å². The van der Waals surface area contributed by atoms with E-state index in [4.69, 9.17) is 5.11 Å². The third-order valence-corrected chi connectivity index (χ3v) is 4.15. The van der Waals surface area contributed by atoms with Crippen molar-refractivity contribution in [1.29, 1.82) is 0 Å². The number of hydrogen-bond donors (Lipinski definition) is 1. The number of nitrogens with zero attached hydrogens (tertiary/aromatic N) is 1. The van der Waals surface area contributed by atoms with Gasteiger partial charge in [0.15, 0.2) is 9.84 Å². The molecule has 2 aliphatic rings. The van der Waals surface area contributed by atoms with Crippen molar-refractivity contribution < 1.29 is 23.1 Å². The normalized spacial score (nSPS) is 28.9. The molecule has 2 rings (SSSR count). The molecule has 2 aliphatic heterocycles. The molecule has 1 fully saturated rings. The summed E-state index contributed by atoms with van der Waals surface area (Å²) in [5.41, 5.74) is -0.221. The van der Waals surface area contributed by atoms with Gasteiger partial charge in [0.1, 0.15) is 11.1 Å². The number of β-lactam (4-membered cyclic amide) rings is 1. The summed E-state index contributed by atoms with van der Waals surface area (Å²) in [5, 5.41) is 7.74. The van der Waals surface area contributed by atoms with Gasteiger partial charge in [-0.1, -0.05) is 0 Å². The van der Waals surface area contributed by atoms with E-state index in [1.807, 2.05) is 0 Å². The molecule has 2 heterocycles. The summed E-state index contributed by atoms with van der Waals surface area (Å²) in [6, 6.07) is 0. The summed E-state index contributed by atoms with van der Waals surface area (Å²) < 4.78 is 22.7. The third-order valence-electron chi connectivity index (χ3n) is 2.31. The number of amides is 1. The number of carboxylic acids is 1. The first-order valence-electron chi connectivity index (χ1n) is 3.90. The molecule has 14 heavy (non-hydrogen) atoms. The zero-order valence-electron chi connectivity index (χ0n) is 7.00.